The van der Waals surface area contributed by atoms with Crippen molar-refractivity contribution in [3.63, 3.8) is 0 Å². The van der Waals surface area contributed by atoms with Gasteiger partial charge in [0, 0.05) is 19.5 Å². The summed E-state index contributed by atoms with van der Waals surface area (Å²) in [5.74, 6) is -0.785. The summed E-state index contributed by atoms with van der Waals surface area (Å²) in [4.78, 5) is 25.0. The van der Waals surface area contributed by atoms with Gasteiger partial charge in [-0.05, 0) is 12.1 Å². The van der Waals surface area contributed by atoms with E-state index in [1.165, 1.54) is 13.8 Å². The van der Waals surface area contributed by atoms with Gasteiger partial charge in [0.05, 0.1) is 39.5 Å². The van der Waals surface area contributed by atoms with Crippen LogP contribution < -0.4 is 4.90 Å². The molecular weight excluding hydrogens is 374 g/mol. The number of esters is 2. The molecule has 29 heavy (non-hydrogen) atoms. The minimum atomic E-state index is -0.500. The molecule has 0 aliphatic heterocycles. The Hall–Kier alpha value is -2.64. The molecule has 1 aromatic carbocycles. The zero-order valence-corrected chi connectivity index (χ0v) is 17.2. The van der Waals surface area contributed by atoms with Crippen molar-refractivity contribution in [3.8, 4) is 0 Å². The molecule has 0 bridgehead atoms. The van der Waals surface area contributed by atoms with E-state index in [4.69, 9.17) is 18.9 Å². The van der Waals surface area contributed by atoms with E-state index in [0.717, 1.165) is 5.69 Å². The summed E-state index contributed by atoms with van der Waals surface area (Å²) >= 11 is 0. The molecule has 0 heterocycles. The van der Waals surface area contributed by atoms with Crippen LogP contribution in [0.25, 0.3) is 0 Å². The summed E-state index contributed by atoms with van der Waals surface area (Å²) in [5, 5.41) is 0. The van der Waals surface area contributed by atoms with Crippen molar-refractivity contribution in [2.75, 3.05) is 44.4 Å². The van der Waals surface area contributed by atoms with Crippen LogP contribution in [0.15, 0.2) is 55.6 Å². The molecule has 0 amide bonds. The van der Waals surface area contributed by atoms with Crippen molar-refractivity contribution < 1.29 is 28.5 Å². The third kappa shape index (κ3) is 11.1. The van der Waals surface area contributed by atoms with Gasteiger partial charge in [0.2, 0.25) is 0 Å². The average Bonchev–Trinajstić information content (AvgIpc) is 2.67. The molecule has 160 valence electrons. The molecule has 0 saturated heterocycles. The second-order valence-electron chi connectivity index (χ2n) is 6.36. The Morgan fingerprint density at radius 1 is 0.897 bits per heavy atom. The third-order valence-electron chi connectivity index (χ3n) is 3.71. The van der Waals surface area contributed by atoms with Crippen molar-refractivity contribution in [3.05, 3.63) is 55.6 Å². The predicted molar refractivity (Wildman–Crippen MR) is 112 cm³/mol. The number of hydrogen-bond donors (Lipinski definition) is 0. The van der Waals surface area contributed by atoms with E-state index in [-0.39, 0.29) is 13.2 Å². The van der Waals surface area contributed by atoms with Crippen LogP contribution in [0.3, 0.4) is 0 Å². The summed E-state index contributed by atoms with van der Waals surface area (Å²) in [6.07, 6.45) is 2.26. The molecule has 0 aliphatic rings. The number of rotatable bonds is 15. The highest BCUT2D eigenvalue weighted by molar-refractivity contribution is 5.66. The maximum absolute atomic E-state index is 11.5. The van der Waals surface area contributed by atoms with Gasteiger partial charge in [-0.1, -0.05) is 30.4 Å². The molecule has 1 aromatic rings. The molecule has 1 rings (SSSR count). The van der Waals surface area contributed by atoms with E-state index in [2.05, 4.69) is 13.2 Å². The third-order valence-corrected chi connectivity index (χ3v) is 3.71. The van der Waals surface area contributed by atoms with Crippen LogP contribution in [-0.2, 0) is 28.5 Å². The maximum atomic E-state index is 11.5. The molecule has 0 spiro atoms. The molecular formula is C22H31NO6. The van der Waals surface area contributed by atoms with Crippen LogP contribution in [0.1, 0.15) is 13.8 Å². The fourth-order valence-corrected chi connectivity index (χ4v) is 2.70. The normalized spacial score (nSPS) is 12.5. The quantitative estimate of drug-likeness (QED) is 0.252. The number of carbonyl (C=O) groups is 2. The Labute approximate surface area is 172 Å². The lowest BCUT2D eigenvalue weighted by Crippen LogP contribution is -2.43. The van der Waals surface area contributed by atoms with Crippen molar-refractivity contribution >= 4 is 17.6 Å². The van der Waals surface area contributed by atoms with E-state index < -0.39 is 24.1 Å². The van der Waals surface area contributed by atoms with E-state index in [1.54, 1.807) is 12.2 Å². The number of para-hydroxylation sites is 1. The summed E-state index contributed by atoms with van der Waals surface area (Å²) in [6.45, 7) is 11.8. The second kappa shape index (κ2) is 14.4. The van der Waals surface area contributed by atoms with Crippen molar-refractivity contribution in [1.29, 1.82) is 0 Å². The van der Waals surface area contributed by atoms with E-state index in [9.17, 15) is 9.59 Å². The monoisotopic (exact) mass is 405 g/mol. The largest absolute Gasteiger partial charge is 0.458 e. The maximum Gasteiger partial charge on any atom is 0.303 e. The summed E-state index contributed by atoms with van der Waals surface area (Å²) in [5.41, 5.74) is 0.897. The Morgan fingerprint density at radius 2 is 1.34 bits per heavy atom. The highest BCUT2D eigenvalue weighted by atomic mass is 16.6. The minimum Gasteiger partial charge on any atom is -0.458 e. The molecule has 0 radical (unpaired) electrons. The van der Waals surface area contributed by atoms with Crippen LogP contribution in [0.2, 0.25) is 0 Å². The molecule has 7 heteroatoms. The Morgan fingerprint density at radius 3 is 1.72 bits per heavy atom. The molecule has 0 aliphatic carbocycles. The van der Waals surface area contributed by atoms with E-state index >= 15 is 0 Å². The van der Waals surface area contributed by atoms with Crippen LogP contribution in [-0.4, -0.2) is 63.7 Å². The standard InChI is InChI=1S/C22H31NO6/c1-5-12-26-16-21(28-18(3)24)14-23(20-10-8-7-9-11-20)15-22(29-19(4)25)17-27-13-6-2/h5-11,21-22H,1-2,12-17H2,3-4H3. The smallest absolute Gasteiger partial charge is 0.303 e. The second-order valence-corrected chi connectivity index (χ2v) is 6.36. The first-order chi connectivity index (χ1) is 14.0. The minimum absolute atomic E-state index is 0.222. The van der Waals surface area contributed by atoms with Gasteiger partial charge >= 0.3 is 11.9 Å². The van der Waals surface area contributed by atoms with Crippen molar-refractivity contribution in [2.45, 2.75) is 26.1 Å². The first-order valence-electron chi connectivity index (χ1n) is 9.48. The van der Waals surface area contributed by atoms with Crippen LogP contribution in [0, 0.1) is 0 Å². The number of carbonyl (C=O) groups excluding carboxylic acids is 2. The van der Waals surface area contributed by atoms with Gasteiger partial charge in [-0.3, -0.25) is 9.59 Å². The number of nitrogens with zero attached hydrogens (tertiary/aromatic N) is 1. The van der Waals surface area contributed by atoms with Crippen molar-refractivity contribution in [1.82, 2.24) is 0 Å². The molecule has 0 N–H and O–H groups in total. The van der Waals surface area contributed by atoms with Gasteiger partial charge in [-0.15, -0.1) is 13.2 Å². The number of hydrogen-bond acceptors (Lipinski definition) is 7. The SMILES string of the molecule is C=CCOCC(CN(CC(COCC=C)OC(C)=O)c1ccccc1)OC(C)=O. The average molecular weight is 405 g/mol. The highest BCUT2D eigenvalue weighted by Gasteiger charge is 2.23. The van der Waals surface area contributed by atoms with Gasteiger partial charge in [-0.2, -0.15) is 0 Å². The highest BCUT2D eigenvalue weighted by Crippen LogP contribution is 2.16. The van der Waals surface area contributed by atoms with E-state index in [1.807, 2.05) is 35.2 Å². The van der Waals surface area contributed by atoms with Gasteiger partial charge in [0.15, 0.2) is 0 Å². The molecule has 2 atom stereocenters. The van der Waals surface area contributed by atoms with Gasteiger partial charge in [0.1, 0.15) is 12.2 Å². The topological polar surface area (TPSA) is 74.3 Å². The molecule has 0 saturated carbocycles. The van der Waals surface area contributed by atoms with Gasteiger partial charge in [0.25, 0.3) is 0 Å². The first kappa shape index (κ1) is 24.4. The lowest BCUT2D eigenvalue weighted by Gasteiger charge is -2.32. The van der Waals surface area contributed by atoms with Crippen molar-refractivity contribution in [2.24, 2.45) is 0 Å². The summed E-state index contributed by atoms with van der Waals surface area (Å²) < 4.78 is 21.8. The van der Waals surface area contributed by atoms with Crippen LogP contribution in [0.4, 0.5) is 5.69 Å². The molecule has 0 aromatic heterocycles. The fourth-order valence-electron chi connectivity index (χ4n) is 2.70. The summed E-state index contributed by atoms with van der Waals surface area (Å²) in [7, 11) is 0. The van der Waals surface area contributed by atoms with Gasteiger partial charge in [-0.25, -0.2) is 0 Å². The van der Waals surface area contributed by atoms with Gasteiger partial charge < -0.3 is 23.8 Å². The number of benzene rings is 1. The van der Waals surface area contributed by atoms with Crippen LogP contribution >= 0.6 is 0 Å². The predicted octanol–water partition coefficient (Wildman–Crippen LogP) is 2.76. The first-order valence-corrected chi connectivity index (χ1v) is 9.48. The lowest BCUT2D eigenvalue weighted by molar-refractivity contribution is -0.148. The number of anilines is 1. The van der Waals surface area contributed by atoms with Crippen LogP contribution in [0.5, 0.6) is 0 Å². The molecule has 7 nitrogen and oxygen atoms in total. The fraction of sp³-hybridized carbons (Fsp3) is 0.455. The molecule has 2 unspecified atom stereocenters. The Bertz CT molecular complexity index is 597. The zero-order chi connectivity index (χ0) is 21.5. The lowest BCUT2D eigenvalue weighted by atomic mass is 10.2. The Balaban J connectivity index is 2.96. The molecule has 0 fully saturated rings. The summed E-state index contributed by atoms with van der Waals surface area (Å²) in [6, 6.07) is 9.60. The zero-order valence-electron chi connectivity index (χ0n) is 17.2. The van der Waals surface area contributed by atoms with E-state index in [0.29, 0.717) is 26.3 Å². The number of ether oxygens (including phenoxy) is 4. The Kier molecular flexibility index (Phi) is 12.1.